The molecule has 130 valence electrons. The van der Waals surface area contributed by atoms with Gasteiger partial charge in [-0.2, -0.15) is 11.8 Å². The van der Waals surface area contributed by atoms with Crippen LogP contribution in [0.1, 0.15) is 43.0 Å². The maximum absolute atomic E-state index is 13.2. The fourth-order valence-electron chi connectivity index (χ4n) is 3.49. The zero-order chi connectivity index (χ0) is 17.1. The average molecular weight is 366 g/mol. The number of carboxylic acids is 1. The molecule has 4 nitrogen and oxygen atoms in total. The number of amides is 1. The zero-order valence-corrected chi connectivity index (χ0v) is 15.4. The van der Waals surface area contributed by atoms with E-state index in [9.17, 15) is 9.59 Å². The first-order valence-electron chi connectivity index (χ1n) is 8.49. The van der Waals surface area contributed by atoms with Gasteiger partial charge in [0.1, 0.15) is 5.25 Å². The molecule has 2 fully saturated rings. The molecule has 3 rings (SSSR count). The van der Waals surface area contributed by atoms with E-state index in [0.717, 1.165) is 23.6 Å². The lowest BCUT2D eigenvalue weighted by Gasteiger charge is -2.43. The van der Waals surface area contributed by atoms with Crippen molar-refractivity contribution in [2.45, 2.75) is 54.0 Å². The Bertz CT molecular complexity index is 620. The summed E-state index contributed by atoms with van der Waals surface area (Å²) >= 11 is 3.25. The molecule has 0 radical (unpaired) electrons. The Labute approximate surface area is 151 Å². The van der Waals surface area contributed by atoms with Crippen LogP contribution in [-0.4, -0.2) is 50.7 Å². The number of carbonyl (C=O) groups excluding carboxylic acids is 1. The lowest BCUT2D eigenvalue weighted by molar-refractivity contribution is -0.136. The number of thioether (sulfide) groups is 2. The summed E-state index contributed by atoms with van der Waals surface area (Å²) in [5.41, 5.74) is 0.645. The van der Waals surface area contributed by atoms with Gasteiger partial charge in [0.2, 0.25) is 0 Å². The van der Waals surface area contributed by atoms with Crippen LogP contribution in [0.25, 0.3) is 0 Å². The van der Waals surface area contributed by atoms with Crippen molar-refractivity contribution in [2.24, 2.45) is 0 Å². The van der Waals surface area contributed by atoms with Crippen molar-refractivity contribution in [3.05, 3.63) is 29.8 Å². The highest BCUT2D eigenvalue weighted by Crippen LogP contribution is 2.37. The van der Waals surface area contributed by atoms with Crippen molar-refractivity contribution in [1.29, 1.82) is 0 Å². The molecule has 2 aliphatic rings. The van der Waals surface area contributed by atoms with Crippen LogP contribution in [0.4, 0.5) is 0 Å². The second kappa shape index (κ2) is 7.83. The fraction of sp³-hybridized carbons (Fsp3) is 0.556. The number of nitrogens with zero attached hydrogens (tertiary/aromatic N) is 1. The van der Waals surface area contributed by atoms with Gasteiger partial charge in [-0.3, -0.25) is 9.59 Å². The molecule has 24 heavy (non-hydrogen) atoms. The van der Waals surface area contributed by atoms with E-state index in [1.165, 1.54) is 31.0 Å². The molecule has 0 bridgehead atoms. The molecule has 1 aromatic carbocycles. The molecule has 0 spiro atoms. The standard InChI is InChI=1S/C18H23NO3S2/c1-12(18(21)22)24-15-8-4-2-6-13(15)17(20)19-10-11-23-16-9-5-3-7-14(16)19/h2,4,6,8,12,14,16H,3,5,7,9-11H2,1H3,(H,21,22). The van der Waals surface area contributed by atoms with E-state index in [1.54, 1.807) is 6.92 Å². The van der Waals surface area contributed by atoms with E-state index < -0.39 is 11.2 Å². The number of fused-ring (bicyclic) bond motifs is 1. The number of benzene rings is 1. The van der Waals surface area contributed by atoms with Crippen LogP contribution in [0.15, 0.2) is 29.2 Å². The Morgan fingerprint density at radius 3 is 2.83 bits per heavy atom. The normalized spacial score (nSPS) is 25.0. The second-order valence-corrected chi connectivity index (χ2v) is 9.08. The van der Waals surface area contributed by atoms with Crippen LogP contribution in [-0.2, 0) is 4.79 Å². The predicted octanol–water partition coefficient (Wildman–Crippen LogP) is 3.75. The highest BCUT2D eigenvalue weighted by atomic mass is 32.2. The van der Waals surface area contributed by atoms with Crippen molar-refractivity contribution in [2.75, 3.05) is 12.3 Å². The minimum absolute atomic E-state index is 0.0629. The van der Waals surface area contributed by atoms with Crippen molar-refractivity contribution in [3.8, 4) is 0 Å². The molecule has 3 atom stereocenters. The third-order valence-electron chi connectivity index (χ3n) is 4.76. The van der Waals surface area contributed by atoms with Gasteiger partial charge in [-0.05, 0) is 31.9 Å². The molecular formula is C18H23NO3S2. The molecule has 1 N–H and O–H groups in total. The summed E-state index contributed by atoms with van der Waals surface area (Å²) in [7, 11) is 0. The Morgan fingerprint density at radius 2 is 2.04 bits per heavy atom. The van der Waals surface area contributed by atoms with Gasteiger partial charge in [0.25, 0.3) is 5.91 Å². The van der Waals surface area contributed by atoms with Crippen LogP contribution in [0.2, 0.25) is 0 Å². The Kier molecular flexibility index (Phi) is 5.76. The first kappa shape index (κ1) is 17.7. The van der Waals surface area contributed by atoms with E-state index >= 15 is 0 Å². The number of hydrogen-bond acceptors (Lipinski definition) is 4. The topological polar surface area (TPSA) is 57.6 Å². The number of rotatable bonds is 4. The molecule has 0 aromatic heterocycles. The zero-order valence-electron chi connectivity index (χ0n) is 13.8. The highest BCUT2D eigenvalue weighted by molar-refractivity contribution is 8.00. The molecule has 1 heterocycles. The predicted molar refractivity (Wildman–Crippen MR) is 98.9 cm³/mol. The molecule has 1 aliphatic heterocycles. The highest BCUT2D eigenvalue weighted by Gasteiger charge is 2.37. The SMILES string of the molecule is CC(Sc1ccccc1C(=O)N1CCSC2CCCCC21)C(=O)O. The third-order valence-corrected chi connectivity index (χ3v) is 7.32. The minimum Gasteiger partial charge on any atom is -0.480 e. The summed E-state index contributed by atoms with van der Waals surface area (Å²) in [6.45, 7) is 2.45. The van der Waals surface area contributed by atoms with Crippen molar-refractivity contribution in [3.63, 3.8) is 0 Å². The fourth-order valence-corrected chi connectivity index (χ4v) is 5.85. The van der Waals surface area contributed by atoms with Crippen LogP contribution >= 0.6 is 23.5 Å². The van der Waals surface area contributed by atoms with Crippen molar-refractivity contribution >= 4 is 35.4 Å². The second-order valence-electron chi connectivity index (χ2n) is 6.35. The van der Waals surface area contributed by atoms with E-state index in [1.807, 2.05) is 40.9 Å². The van der Waals surface area contributed by atoms with E-state index in [4.69, 9.17) is 5.11 Å². The average Bonchev–Trinajstić information content (AvgIpc) is 2.61. The number of carboxylic acid groups (broad SMARTS) is 1. The Morgan fingerprint density at radius 1 is 1.29 bits per heavy atom. The number of hydrogen-bond donors (Lipinski definition) is 1. The van der Waals surface area contributed by atoms with Gasteiger partial charge >= 0.3 is 5.97 Å². The van der Waals surface area contributed by atoms with Crippen LogP contribution < -0.4 is 0 Å². The molecule has 1 saturated heterocycles. The maximum atomic E-state index is 13.2. The minimum atomic E-state index is -0.857. The first-order chi connectivity index (χ1) is 11.6. The summed E-state index contributed by atoms with van der Waals surface area (Å²) in [4.78, 5) is 27.2. The van der Waals surface area contributed by atoms with E-state index in [-0.39, 0.29) is 5.91 Å². The van der Waals surface area contributed by atoms with Crippen LogP contribution in [0.3, 0.4) is 0 Å². The third kappa shape index (κ3) is 3.75. The molecule has 6 heteroatoms. The summed E-state index contributed by atoms with van der Waals surface area (Å²) < 4.78 is 0. The van der Waals surface area contributed by atoms with E-state index in [0.29, 0.717) is 16.9 Å². The van der Waals surface area contributed by atoms with Crippen molar-refractivity contribution in [1.82, 2.24) is 4.90 Å². The summed E-state index contributed by atoms with van der Waals surface area (Å²) in [5, 5.41) is 9.15. The molecule has 3 unspecified atom stereocenters. The van der Waals surface area contributed by atoms with Gasteiger partial charge in [-0.25, -0.2) is 0 Å². The van der Waals surface area contributed by atoms with Crippen LogP contribution in [0, 0.1) is 0 Å². The van der Waals surface area contributed by atoms with Gasteiger partial charge in [-0.1, -0.05) is 25.0 Å². The lowest BCUT2D eigenvalue weighted by atomic mass is 9.92. The van der Waals surface area contributed by atoms with Gasteiger partial charge in [0, 0.05) is 28.5 Å². The monoisotopic (exact) mass is 365 g/mol. The molecule has 1 amide bonds. The van der Waals surface area contributed by atoms with Crippen LogP contribution in [0.5, 0.6) is 0 Å². The molecule has 1 aliphatic carbocycles. The summed E-state index contributed by atoms with van der Waals surface area (Å²) in [5.74, 6) is 0.199. The van der Waals surface area contributed by atoms with Crippen molar-refractivity contribution < 1.29 is 14.7 Å². The lowest BCUT2D eigenvalue weighted by Crippen LogP contribution is -2.51. The number of carbonyl (C=O) groups is 2. The maximum Gasteiger partial charge on any atom is 0.316 e. The van der Waals surface area contributed by atoms with Gasteiger partial charge in [0.15, 0.2) is 0 Å². The summed E-state index contributed by atoms with van der Waals surface area (Å²) in [6, 6.07) is 7.75. The quantitative estimate of drug-likeness (QED) is 0.824. The molecular weight excluding hydrogens is 342 g/mol. The van der Waals surface area contributed by atoms with Gasteiger partial charge in [0.05, 0.1) is 5.56 Å². The van der Waals surface area contributed by atoms with Gasteiger partial charge < -0.3 is 10.0 Å². The summed E-state index contributed by atoms with van der Waals surface area (Å²) in [6.07, 6.45) is 4.74. The molecule has 1 saturated carbocycles. The molecule has 1 aromatic rings. The Balaban J connectivity index is 1.82. The largest absolute Gasteiger partial charge is 0.480 e. The Hall–Kier alpha value is -1.14. The first-order valence-corrected chi connectivity index (χ1v) is 10.4. The smallest absolute Gasteiger partial charge is 0.316 e. The number of aliphatic carboxylic acids is 1. The van der Waals surface area contributed by atoms with Gasteiger partial charge in [-0.15, -0.1) is 11.8 Å². The van der Waals surface area contributed by atoms with E-state index in [2.05, 4.69) is 0 Å².